The summed E-state index contributed by atoms with van der Waals surface area (Å²) in [4.78, 5) is 25.1. The van der Waals surface area contributed by atoms with E-state index < -0.39 is 0 Å². The van der Waals surface area contributed by atoms with E-state index in [0.717, 1.165) is 21.9 Å². The third-order valence-electron chi connectivity index (χ3n) is 5.97. The summed E-state index contributed by atoms with van der Waals surface area (Å²) in [7, 11) is 0. The molecule has 2 saturated carbocycles. The van der Waals surface area contributed by atoms with E-state index in [1.54, 1.807) is 0 Å². The highest BCUT2D eigenvalue weighted by Crippen LogP contribution is 2.49. The van der Waals surface area contributed by atoms with Crippen LogP contribution in [-0.2, 0) is 4.79 Å². The van der Waals surface area contributed by atoms with Crippen LogP contribution >= 0.6 is 22.9 Å². The molecular formula is C20H23ClN2O2S. The van der Waals surface area contributed by atoms with Crippen LogP contribution in [0.3, 0.4) is 0 Å². The molecule has 4 rings (SSSR count). The average molecular weight is 391 g/mol. The zero-order chi connectivity index (χ0) is 18.3. The lowest BCUT2D eigenvalue weighted by atomic mass is 9.84. The van der Waals surface area contributed by atoms with Gasteiger partial charge in [0.05, 0.1) is 11.6 Å². The van der Waals surface area contributed by atoms with Gasteiger partial charge in [0.25, 0.3) is 5.91 Å². The Morgan fingerprint density at radius 2 is 2.08 bits per heavy atom. The summed E-state index contributed by atoms with van der Waals surface area (Å²) in [5, 5.41) is 7.11. The molecule has 4 atom stereocenters. The van der Waals surface area contributed by atoms with Crippen molar-refractivity contribution in [2.24, 2.45) is 17.8 Å². The van der Waals surface area contributed by atoms with Gasteiger partial charge in [-0.3, -0.25) is 9.59 Å². The number of carbonyl (C=O) groups is 2. The van der Waals surface area contributed by atoms with E-state index in [0.29, 0.717) is 15.8 Å². The maximum absolute atomic E-state index is 12.4. The van der Waals surface area contributed by atoms with Gasteiger partial charge in [-0.25, -0.2) is 0 Å². The van der Waals surface area contributed by atoms with Crippen molar-refractivity contribution in [1.82, 2.24) is 10.6 Å². The molecule has 2 amide bonds. The summed E-state index contributed by atoms with van der Waals surface area (Å²) in [5.74, 6) is 1.79. The second kappa shape index (κ2) is 7.20. The first kappa shape index (κ1) is 17.8. The van der Waals surface area contributed by atoms with Gasteiger partial charge in [0.15, 0.2) is 0 Å². The maximum atomic E-state index is 12.4. The van der Waals surface area contributed by atoms with Crippen LogP contribution in [0.1, 0.15) is 42.3 Å². The molecule has 0 unspecified atom stereocenters. The van der Waals surface area contributed by atoms with Gasteiger partial charge in [-0.1, -0.05) is 36.2 Å². The Labute approximate surface area is 162 Å². The minimum Gasteiger partial charge on any atom is -0.352 e. The molecule has 2 N–H and O–H groups in total. The molecule has 26 heavy (non-hydrogen) atoms. The van der Waals surface area contributed by atoms with Gasteiger partial charge >= 0.3 is 0 Å². The molecule has 1 heterocycles. The van der Waals surface area contributed by atoms with Crippen molar-refractivity contribution in [3.8, 4) is 0 Å². The van der Waals surface area contributed by atoms with Crippen LogP contribution in [0, 0.1) is 17.8 Å². The summed E-state index contributed by atoms with van der Waals surface area (Å²) in [6.07, 6.45) is 5.21. The molecule has 2 aliphatic rings. The van der Waals surface area contributed by atoms with E-state index in [1.165, 1.54) is 37.0 Å². The molecule has 6 heteroatoms. The van der Waals surface area contributed by atoms with E-state index in [1.807, 2.05) is 24.3 Å². The SMILES string of the molecule is C[C@@H](NC(=O)CNC(=O)c1sc2ccccc2c1Cl)[C@H]1C[C@H]2CC[C@H]1C2. The molecule has 2 aromatic rings. The molecule has 1 aromatic carbocycles. The number of amides is 2. The number of halogens is 1. The first-order valence-electron chi connectivity index (χ1n) is 9.27. The summed E-state index contributed by atoms with van der Waals surface area (Å²) in [6.45, 7) is 2.07. The quantitative estimate of drug-likeness (QED) is 0.802. The van der Waals surface area contributed by atoms with Gasteiger partial charge in [-0.15, -0.1) is 11.3 Å². The lowest BCUT2D eigenvalue weighted by molar-refractivity contribution is -0.121. The molecule has 2 fully saturated rings. The molecule has 0 saturated heterocycles. The van der Waals surface area contributed by atoms with E-state index in [9.17, 15) is 9.59 Å². The predicted octanol–water partition coefficient (Wildman–Crippen LogP) is 4.23. The maximum Gasteiger partial charge on any atom is 0.263 e. The van der Waals surface area contributed by atoms with E-state index in [-0.39, 0.29) is 24.4 Å². The minimum atomic E-state index is -0.293. The summed E-state index contributed by atoms with van der Waals surface area (Å²) < 4.78 is 0.969. The van der Waals surface area contributed by atoms with Crippen molar-refractivity contribution in [3.63, 3.8) is 0 Å². The van der Waals surface area contributed by atoms with Crippen LogP contribution in [0.25, 0.3) is 10.1 Å². The number of nitrogens with one attached hydrogen (secondary N) is 2. The highest BCUT2D eigenvalue weighted by molar-refractivity contribution is 7.21. The smallest absolute Gasteiger partial charge is 0.263 e. The first-order chi connectivity index (χ1) is 12.5. The topological polar surface area (TPSA) is 58.2 Å². The van der Waals surface area contributed by atoms with Crippen molar-refractivity contribution in [2.75, 3.05) is 6.54 Å². The van der Waals surface area contributed by atoms with Crippen molar-refractivity contribution < 1.29 is 9.59 Å². The molecule has 2 bridgehead atoms. The second-order valence-corrected chi connectivity index (χ2v) is 9.05. The van der Waals surface area contributed by atoms with Gasteiger partial charge in [-0.2, -0.15) is 0 Å². The normalized spacial score (nSPS) is 25.4. The second-order valence-electron chi connectivity index (χ2n) is 7.62. The molecule has 4 nitrogen and oxygen atoms in total. The number of carbonyl (C=O) groups excluding carboxylic acids is 2. The zero-order valence-electron chi connectivity index (χ0n) is 14.8. The number of fused-ring (bicyclic) bond motifs is 3. The Hall–Kier alpha value is -1.59. The highest BCUT2D eigenvalue weighted by atomic mass is 35.5. The van der Waals surface area contributed by atoms with Crippen molar-refractivity contribution in [3.05, 3.63) is 34.2 Å². The third-order valence-corrected chi connectivity index (χ3v) is 7.65. The minimum absolute atomic E-state index is 0.0193. The van der Waals surface area contributed by atoms with Gasteiger partial charge < -0.3 is 10.6 Å². The van der Waals surface area contributed by atoms with Gasteiger partial charge in [-0.05, 0) is 50.0 Å². The van der Waals surface area contributed by atoms with E-state index in [2.05, 4.69) is 17.6 Å². The zero-order valence-corrected chi connectivity index (χ0v) is 16.3. The standard InChI is InChI=1S/C20H23ClN2O2S/c1-11(15-9-12-6-7-13(15)8-12)23-17(24)10-22-20(25)19-18(21)14-4-2-3-5-16(14)26-19/h2-5,11-13,15H,6-10H2,1H3,(H,22,25)(H,23,24)/t11-,12+,13+,15-/m1/s1. The Morgan fingerprint density at radius 1 is 1.27 bits per heavy atom. The number of thiophene rings is 1. The molecule has 1 aromatic heterocycles. The van der Waals surface area contributed by atoms with Crippen LogP contribution in [0.2, 0.25) is 5.02 Å². The highest BCUT2D eigenvalue weighted by Gasteiger charge is 2.42. The van der Waals surface area contributed by atoms with Crippen LogP contribution in [0.4, 0.5) is 0 Å². The lowest BCUT2D eigenvalue weighted by Gasteiger charge is -2.28. The molecule has 0 spiro atoms. The van der Waals surface area contributed by atoms with Crippen molar-refractivity contribution in [1.29, 1.82) is 0 Å². The summed E-state index contributed by atoms with van der Waals surface area (Å²) in [5.41, 5.74) is 0. The van der Waals surface area contributed by atoms with E-state index >= 15 is 0 Å². The van der Waals surface area contributed by atoms with E-state index in [4.69, 9.17) is 11.6 Å². The van der Waals surface area contributed by atoms with Gasteiger partial charge in [0, 0.05) is 16.1 Å². The van der Waals surface area contributed by atoms with Crippen molar-refractivity contribution in [2.45, 2.75) is 38.6 Å². The monoisotopic (exact) mass is 390 g/mol. The fourth-order valence-corrected chi connectivity index (χ4v) is 6.15. The van der Waals surface area contributed by atoms with Crippen molar-refractivity contribution >= 4 is 44.8 Å². The first-order valence-corrected chi connectivity index (χ1v) is 10.5. The fraction of sp³-hybridized carbons (Fsp3) is 0.500. The Bertz CT molecular complexity index is 849. The predicted molar refractivity (Wildman–Crippen MR) is 106 cm³/mol. The Morgan fingerprint density at radius 3 is 2.77 bits per heavy atom. The molecule has 0 radical (unpaired) electrons. The number of hydrogen-bond acceptors (Lipinski definition) is 3. The Kier molecular flexibility index (Phi) is 4.93. The van der Waals surface area contributed by atoms with Crippen LogP contribution in [-0.4, -0.2) is 24.4 Å². The summed E-state index contributed by atoms with van der Waals surface area (Å²) in [6, 6.07) is 7.82. The lowest BCUT2D eigenvalue weighted by Crippen LogP contribution is -2.44. The number of hydrogen-bond donors (Lipinski definition) is 2. The summed E-state index contributed by atoms with van der Waals surface area (Å²) >= 11 is 7.67. The molecule has 138 valence electrons. The number of rotatable bonds is 5. The van der Waals surface area contributed by atoms with Gasteiger partial charge in [0.2, 0.25) is 5.91 Å². The van der Waals surface area contributed by atoms with Gasteiger partial charge in [0.1, 0.15) is 4.88 Å². The molecule has 2 aliphatic carbocycles. The number of benzene rings is 1. The molecule has 0 aliphatic heterocycles. The third kappa shape index (κ3) is 3.35. The Balaban J connectivity index is 1.32. The largest absolute Gasteiger partial charge is 0.352 e. The van der Waals surface area contributed by atoms with Crippen LogP contribution in [0.5, 0.6) is 0 Å². The fourth-order valence-electron chi connectivity index (χ4n) is 4.72. The average Bonchev–Trinajstić information content (AvgIpc) is 3.34. The van der Waals surface area contributed by atoms with Crippen LogP contribution < -0.4 is 10.6 Å². The molecular weight excluding hydrogens is 368 g/mol. The van der Waals surface area contributed by atoms with Crippen LogP contribution in [0.15, 0.2) is 24.3 Å².